The Morgan fingerprint density at radius 3 is 2.45 bits per heavy atom. The van der Waals surface area contributed by atoms with Crippen molar-refractivity contribution >= 4 is 11.8 Å². The fraction of sp³-hybridized carbons (Fsp3) is 0.250. The molecule has 0 amide bonds. The lowest BCUT2D eigenvalue weighted by Gasteiger charge is -2.00. The number of ether oxygens (including phenoxy) is 1. The SMILES string of the molecule is COC(=O)c1ccc(C(=O)CCCc2ccccc2)o1. The number of ketones is 1. The molecule has 0 aliphatic carbocycles. The highest BCUT2D eigenvalue weighted by atomic mass is 16.5. The zero-order valence-electron chi connectivity index (χ0n) is 11.3. The highest BCUT2D eigenvalue weighted by Crippen LogP contribution is 2.13. The van der Waals surface area contributed by atoms with Gasteiger partial charge in [0.2, 0.25) is 5.76 Å². The molecule has 0 N–H and O–H groups in total. The van der Waals surface area contributed by atoms with E-state index in [-0.39, 0.29) is 17.3 Å². The van der Waals surface area contributed by atoms with Gasteiger partial charge in [-0.3, -0.25) is 4.79 Å². The van der Waals surface area contributed by atoms with E-state index in [1.54, 1.807) is 0 Å². The van der Waals surface area contributed by atoms with Crippen LogP contribution in [0.25, 0.3) is 0 Å². The van der Waals surface area contributed by atoms with Gasteiger partial charge in [0.05, 0.1) is 7.11 Å². The van der Waals surface area contributed by atoms with Crippen molar-refractivity contribution in [2.24, 2.45) is 0 Å². The van der Waals surface area contributed by atoms with E-state index in [9.17, 15) is 9.59 Å². The largest absolute Gasteiger partial charge is 0.463 e. The summed E-state index contributed by atoms with van der Waals surface area (Å²) in [6, 6.07) is 13.0. The average molecular weight is 272 g/mol. The summed E-state index contributed by atoms with van der Waals surface area (Å²) in [4.78, 5) is 23.1. The third-order valence-electron chi connectivity index (χ3n) is 2.98. The summed E-state index contributed by atoms with van der Waals surface area (Å²) in [5.74, 6) is -0.415. The number of hydrogen-bond acceptors (Lipinski definition) is 4. The zero-order valence-corrected chi connectivity index (χ0v) is 11.3. The average Bonchev–Trinajstić information content (AvgIpc) is 2.97. The second-order valence-electron chi connectivity index (χ2n) is 4.42. The van der Waals surface area contributed by atoms with Gasteiger partial charge in [-0.15, -0.1) is 0 Å². The van der Waals surface area contributed by atoms with Crippen LogP contribution in [-0.2, 0) is 11.2 Å². The van der Waals surface area contributed by atoms with Crippen LogP contribution in [0.1, 0.15) is 39.5 Å². The summed E-state index contributed by atoms with van der Waals surface area (Å²) >= 11 is 0. The topological polar surface area (TPSA) is 56.5 Å². The second kappa shape index (κ2) is 6.70. The van der Waals surface area contributed by atoms with E-state index >= 15 is 0 Å². The van der Waals surface area contributed by atoms with Crippen LogP contribution >= 0.6 is 0 Å². The van der Waals surface area contributed by atoms with Crippen LogP contribution in [0.3, 0.4) is 0 Å². The van der Waals surface area contributed by atoms with Crippen molar-refractivity contribution in [2.45, 2.75) is 19.3 Å². The third-order valence-corrected chi connectivity index (χ3v) is 2.98. The highest BCUT2D eigenvalue weighted by molar-refractivity contribution is 5.95. The minimum Gasteiger partial charge on any atom is -0.463 e. The Morgan fingerprint density at radius 2 is 1.75 bits per heavy atom. The van der Waals surface area contributed by atoms with Crippen molar-refractivity contribution in [2.75, 3.05) is 7.11 Å². The second-order valence-corrected chi connectivity index (χ2v) is 4.42. The van der Waals surface area contributed by atoms with E-state index in [0.29, 0.717) is 6.42 Å². The Kier molecular flexibility index (Phi) is 4.71. The molecule has 0 fully saturated rings. The first kappa shape index (κ1) is 14.1. The number of methoxy groups -OCH3 is 1. The van der Waals surface area contributed by atoms with Crippen molar-refractivity contribution in [3.05, 3.63) is 59.5 Å². The molecule has 0 aliphatic heterocycles. The molecule has 1 aromatic heterocycles. The van der Waals surface area contributed by atoms with Crippen molar-refractivity contribution in [3.8, 4) is 0 Å². The van der Waals surface area contributed by atoms with E-state index in [2.05, 4.69) is 4.74 Å². The predicted molar refractivity (Wildman–Crippen MR) is 73.8 cm³/mol. The number of carbonyl (C=O) groups excluding carboxylic acids is 2. The van der Waals surface area contributed by atoms with Crippen LogP contribution in [-0.4, -0.2) is 18.9 Å². The van der Waals surface area contributed by atoms with E-state index in [0.717, 1.165) is 12.8 Å². The molecule has 0 radical (unpaired) electrons. The molecule has 2 aromatic rings. The number of hydrogen-bond donors (Lipinski definition) is 0. The number of esters is 1. The molecule has 0 saturated carbocycles. The van der Waals surface area contributed by atoms with Gasteiger partial charge in [0.15, 0.2) is 11.5 Å². The fourth-order valence-electron chi connectivity index (χ4n) is 1.92. The first-order valence-corrected chi connectivity index (χ1v) is 6.46. The van der Waals surface area contributed by atoms with Gasteiger partial charge in [-0.25, -0.2) is 4.79 Å². The molecule has 1 aromatic carbocycles. The number of benzene rings is 1. The summed E-state index contributed by atoms with van der Waals surface area (Å²) in [6.45, 7) is 0. The van der Waals surface area contributed by atoms with Gasteiger partial charge < -0.3 is 9.15 Å². The van der Waals surface area contributed by atoms with E-state index in [1.807, 2.05) is 30.3 Å². The Labute approximate surface area is 117 Å². The van der Waals surface area contributed by atoms with Crippen LogP contribution < -0.4 is 0 Å². The number of carbonyl (C=O) groups is 2. The number of rotatable bonds is 6. The molecule has 0 unspecified atom stereocenters. The molecule has 4 heteroatoms. The molecule has 0 spiro atoms. The van der Waals surface area contributed by atoms with Crippen LogP contribution in [0.2, 0.25) is 0 Å². The molecule has 20 heavy (non-hydrogen) atoms. The van der Waals surface area contributed by atoms with Crippen molar-refractivity contribution in [1.29, 1.82) is 0 Å². The molecule has 0 atom stereocenters. The lowest BCUT2D eigenvalue weighted by molar-refractivity contribution is 0.0563. The van der Waals surface area contributed by atoms with Crippen molar-refractivity contribution in [3.63, 3.8) is 0 Å². The summed E-state index contributed by atoms with van der Waals surface area (Å²) in [5, 5.41) is 0. The van der Waals surface area contributed by atoms with Gasteiger partial charge in [-0.1, -0.05) is 30.3 Å². The minimum absolute atomic E-state index is 0.0545. The number of furan rings is 1. The predicted octanol–water partition coefficient (Wildman–Crippen LogP) is 3.27. The summed E-state index contributed by atoms with van der Waals surface area (Å²) in [6.07, 6.45) is 1.98. The monoisotopic (exact) mass is 272 g/mol. The van der Waals surface area contributed by atoms with Crippen LogP contribution in [0.4, 0.5) is 0 Å². The maximum atomic E-state index is 11.9. The third kappa shape index (κ3) is 3.57. The smallest absolute Gasteiger partial charge is 0.373 e. The Hall–Kier alpha value is -2.36. The molecular formula is C16H16O4. The van der Waals surface area contributed by atoms with Crippen molar-refractivity contribution < 1.29 is 18.7 Å². The lowest BCUT2D eigenvalue weighted by Crippen LogP contribution is -2.00. The maximum Gasteiger partial charge on any atom is 0.373 e. The van der Waals surface area contributed by atoms with Crippen molar-refractivity contribution in [1.82, 2.24) is 0 Å². The summed E-state index contributed by atoms with van der Waals surface area (Å²) in [7, 11) is 1.27. The molecule has 4 nitrogen and oxygen atoms in total. The van der Waals surface area contributed by atoms with Gasteiger partial charge >= 0.3 is 5.97 Å². The Bertz CT molecular complexity index is 584. The molecular weight excluding hydrogens is 256 g/mol. The highest BCUT2D eigenvalue weighted by Gasteiger charge is 2.15. The minimum atomic E-state index is -0.576. The van der Waals surface area contributed by atoms with Gasteiger partial charge in [0.25, 0.3) is 0 Å². The quantitative estimate of drug-likeness (QED) is 0.598. The molecule has 104 valence electrons. The number of aryl methyl sites for hydroxylation is 1. The van der Waals surface area contributed by atoms with E-state index in [1.165, 1.54) is 24.8 Å². The molecule has 2 rings (SSSR count). The molecule has 1 heterocycles. The van der Waals surface area contributed by atoms with Gasteiger partial charge in [-0.05, 0) is 30.5 Å². The lowest BCUT2D eigenvalue weighted by atomic mass is 10.1. The molecule has 0 saturated heterocycles. The number of Topliss-reactive ketones (excluding diaryl/α,β-unsaturated/α-hetero) is 1. The zero-order chi connectivity index (χ0) is 14.4. The first-order chi connectivity index (χ1) is 9.70. The molecule has 0 bridgehead atoms. The first-order valence-electron chi connectivity index (χ1n) is 6.46. The van der Waals surface area contributed by atoms with Crippen LogP contribution in [0, 0.1) is 0 Å². The standard InChI is InChI=1S/C16H16O4/c1-19-16(18)15-11-10-14(20-15)13(17)9-5-8-12-6-3-2-4-7-12/h2-4,6-7,10-11H,5,8-9H2,1H3. The maximum absolute atomic E-state index is 11.9. The van der Waals surface area contributed by atoms with Gasteiger partial charge in [0, 0.05) is 6.42 Å². The Morgan fingerprint density at radius 1 is 1.05 bits per heavy atom. The fourth-order valence-corrected chi connectivity index (χ4v) is 1.92. The van der Waals surface area contributed by atoms with E-state index < -0.39 is 5.97 Å². The summed E-state index contributed by atoms with van der Waals surface area (Å²) < 4.78 is 9.70. The molecule has 0 aliphatic rings. The summed E-state index contributed by atoms with van der Waals surface area (Å²) in [5.41, 5.74) is 1.20. The van der Waals surface area contributed by atoms with E-state index in [4.69, 9.17) is 4.42 Å². The van der Waals surface area contributed by atoms with Crippen LogP contribution in [0.15, 0.2) is 46.9 Å². The Balaban J connectivity index is 1.86. The van der Waals surface area contributed by atoms with Gasteiger partial charge in [0.1, 0.15) is 0 Å². The van der Waals surface area contributed by atoms with Gasteiger partial charge in [-0.2, -0.15) is 0 Å². The normalized spacial score (nSPS) is 10.2. The van der Waals surface area contributed by atoms with Crippen LogP contribution in [0.5, 0.6) is 0 Å².